The fourth-order valence-corrected chi connectivity index (χ4v) is 4.01. The molecule has 1 aromatic carbocycles. The average Bonchev–Trinajstić information content (AvgIpc) is 2.98. The van der Waals surface area contributed by atoms with Crippen molar-refractivity contribution in [3.63, 3.8) is 0 Å². The maximum Gasteiger partial charge on any atom is 0.226 e. The van der Waals surface area contributed by atoms with Crippen LogP contribution in [0.1, 0.15) is 19.0 Å². The molecular formula is C17H22BrCl2N3OS. The fraction of sp³-hybridized carbons (Fsp3) is 0.412. The summed E-state index contributed by atoms with van der Waals surface area (Å²) in [7, 11) is 0. The molecule has 138 valence electrons. The van der Waals surface area contributed by atoms with Crippen LogP contribution >= 0.6 is 52.1 Å². The van der Waals surface area contributed by atoms with Gasteiger partial charge in [0.05, 0.1) is 12.1 Å². The third-order valence-corrected chi connectivity index (χ3v) is 5.53. The number of hydrogen-bond acceptors (Lipinski definition) is 4. The molecule has 1 fully saturated rings. The molecule has 0 aliphatic carbocycles. The Morgan fingerprint density at radius 2 is 2.24 bits per heavy atom. The molecule has 2 unspecified atom stereocenters. The zero-order valence-corrected chi connectivity index (χ0v) is 17.9. The number of aromatic nitrogens is 1. The zero-order valence-electron chi connectivity index (χ0n) is 13.8. The first-order valence-electron chi connectivity index (χ1n) is 7.82. The molecule has 2 heterocycles. The third kappa shape index (κ3) is 6.22. The van der Waals surface area contributed by atoms with Gasteiger partial charge in [0, 0.05) is 21.5 Å². The fourth-order valence-electron chi connectivity index (χ4n) is 2.79. The van der Waals surface area contributed by atoms with Crippen molar-refractivity contribution in [2.75, 3.05) is 13.1 Å². The van der Waals surface area contributed by atoms with E-state index in [1.54, 1.807) is 11.3 Å². The molecule has 1 aliphatic rings. The molecule has 0 spiro atoms. The number of thiazole rings is 1. The van der Waals surface area contributed by atoms with Crippen LogP contribution in [0, 0.1) is 5.92 Å². The molecule has 8 heteroatoms. The molecule has 0 radical (unpaired) electrons. The lowest BCUT2D eigenvalue weighted by Gasteiger charge is -2.30. The first-order valence-corrected chi connectivity index (χ1v) is 9.49. The van der Waals surface area contributed by atoms with Crippen LogP contribution in [0.2, 0.25) is 0 Å². The lowest BCUT2D eigenvalue weighted by molar-refractivity contribution is -0.121. The Morgan fingerprint density at radius 3 is 2.96 bits per heavy atom. The van der Waals surface area contributed by atoms with E-state index >= 15 is 0 Å². The highest BCUT2D eigenvalue weighted by atomic mass is 79.9. The van der Waals surface area contributed by atoms with Crippen LogP contribution < -0.4 is 10.6 Å². The van der Waals surface area contributed by atoms with Gasteiger partial charge in [-0.1, -0.05) is 35.0 Å². The largest absolute Gasteiger partial charge is 0.353 e. The number of halogens is 3. The van der Waals surface area contributed by atoms with E-state index in [0.717, 1.165) is 40.2 Å². The maximum atomic E-state index is 12.3. The zero-order chi connectivity index (χ0) is 16.2. The first kappa shape index (κ1) is 22.4. The second-order valence-corrected chi connectivity index (χ2v) is 7.75. The molecule has 0 bridgehead atoms. The third-order valence-electron chi connectivity index (χ3n) is 4.10. The molecule has 3 rings (SSSR count). The summed E-state index contributed by atoms with van der Waals surface area (Å²) in [6.07, 6.45) is 1.34. The van der Waals surface area contributed by atoms with Crippen molar-refractivity contribution >= 4 is 58.0 Å². The van der Waals surface area contributed by atoms with Gasteiger partial charge in [0.25, 0.3) is 0 Å². The first-order chi connectivity index (χ1) is 11.1. The van der Waals surface area contributed by atoms with Crippen LogP contribution in [0.25, 0.3) is 10.6 Å². The van der Waals surface area contributed by atoms with E-state index in [1.165, 1.54) is 0 Å². The van der Waals surface area contributed by atoms with Gasteiger partial charge >= 0.3 is 0 Å². The van der Waals surface area contributed by atoms with Crippen molar-refractivity contribution in [1.82, 2.24) is 15.6 Å². The Balaban J connectivity index is 0.00000156. The van der Waals surface area contributed by atoms with Crippen LogP contribution in [-0.4, -0.2) is 30.0 Å². The molecule has 1 saturated heterocycles. The smallest absolute Gasteiger partial charge is 0.226 e. The number of carbonyl (C=O) groups excluding carboxylic acids is 1. The second kappa shape index (κ2) is 10.5. The van der Waals surface area contributed by atoms with Gasteiger partial charge in [-0.15, -0.1) is 36.2 Å². The molecule has 2 aromatic rings. The minimum atomic E-state index is 0. The number of nitrogens with zero attached hydrogens (tertiary/aromatic N) is 1. The minimum absolute atomic E-state index is 0. The second-order valence-electron chi connectivity index (χ2n) is 5.98. The van der Waals surface area contributed by atoms with E-state index in [4.69, 9.17) is 0 Å². The Kier molecular flexibility index (Phi) is 9.38. The molecule has 1 amide bonds. The summed E-state index contributed by atoms with van der Waals surface area (Å²) in [4.78, 5) is 16.8. The molecule has 0 saturated carbocycles. The molecule has 1 aromatic heterocycles. The van der Waals surface area contributed by atoms with Crippen molar-refractivity contribution in [1.29, 1.82) is 0 Å². The Hall–Kier alpha value is -0.660. The van der Waals surface area contributed by atoms with Crippen molar-refractivity contribution in [3.05, 3.63) is 39.8 Å². The number of carbonyl (C=O) groups is 1. The van der Waals surface area contributed by atoms with Crippen molar-refractivity contribution < 1.29 is 4.79 Å². The average molecular weight is 467 g/mol. The molecule has 1 aliphatic heterocycles. The van der Waals surface area contributed by atoms with Crippen molar-refractivity contribution in [3.8, 4) is 10.6 Å². The number of nitrogens with one attached hydrogen (secondary N) is 2. The van der Waals surface area contributed by atoms with Crippen LogP contribution in [0.5, 0.6) is 0 Å². The summed E-state index contributed by atoms with van der Waals surface area (Å²) in [6, 6.07) is 8.33. The number of piperidine rings is 1. The SMILES string of the molecule is CC1CNCCC1NC(=O)Cc1csc(-c2cccc(Br)c2)n1.Cl.Cl. The molecule has 2 atom stereocenters. The monoisotopic (exact) mass is 465 g/mol. The molecule has 25 heavy (non-hydrogen) atoms. The Labute approximate surface area is 173 Å². The summed E-state index contributed by atoms with van der Waals surface area (Å²) in [5, 5.41) is 9.42. The van der Waals surface area contributed by atoms with Gasteiger partial charge in [-0.3, -0.25) is 4.79 Å². The number of amides is 1. The summed E-state index contributed by atoms with van der Waals surface area (Å²) < 4.78 is 1.03. The summed E-state index contributed by atoms with van der Waals surface area (Å²) >= 11 is 5.05. The Morgan fingerprint density at radius 1 is 1.44 bits per heavy atom. The van der Waals surface area contributed by atoms with E-state index in [1.807, 2.05) is 29.6 Å². The van der Waals surface area contributed by atoms with Crippen molar-refractivity contribution in [2.45, 2.75) is 25.8 Å². The lowest BCUT2D eigenvalue weighted by atomic mass is 9.95. The van der Waals surface area contributed by atoms with Crippen LogP contribution in [-0.2, 0) is 11.2 Å². The maximum absolute atomic E-state index is 12.3. The van der Waals surface area contributed by atoms with E-state index in [0.29, 0.717) is 12.3 Å². The van der Waals surface area contributed by atoms with Gasteiger partial charge in [0.1, 0.15) is 5.01 Å². The van der Waals surface area contributed by atoms with Gasteiger partial charge in [-0.25, -0.2) is 4.98 Å². The highest BCUT2D eigenvalue weighted by Gasteiger charge is 2.22. The Bertz CT molecular complexity index is 698. The quantitative estimate of drug-likeness (QED) is 0.713. The summed E-state index contributed by atoms with van der Waals surface area (Å²) in [5.74, 6) is 0.537. The molecule has 2 N–H and O–H groups in total. The topological polar surface area (TPSA) is 54.0 Å². The number of benzene rings is 1. The van der Waals surface area contributed by atoms with Crippen molar-refractivity contribution in [2.24, 2.45) is 5.92 Å². The standard InChI is InChI=1S/C17H20BrN3OS.2ClH/c1-11-9-19-6-5-15(11)21-16(22)8-14-10-23-17(20-14)12-3-2-4-13(18)7-12;;/h2-4,7,10-11,15,19H,5-6,8-9H2,1H3,(H,21,22);2*1H. The van der Waals surface area contributed by atoms with Gasteiger partial charge in [-0.2, -0.15) is 0 Å². The molecular weight excluding hydrogens is 445 g/mol. The van der Waals surface area contributed by atoms with E-state index in [-0.39, 0.29) is 36.8 Å². The van der Waals surface area contributed by atoms with Gasteiger partial charge in [0.15, 0.2) is 0 Å². The van der Waals surface area contributed by atoms with E-state index in [2.05, 4.69) is 38.5 Å². The number of hydrogen-bond donors (Lipinski definition) is 2. The van der Waals surface area contributed by atoms with Gasteiger partial charge in [0.2, 0.25) is 5.91 Å². The highest BCUT2D eigenvalue weighted by molar-refractivity contribution is 9.10. The van der Waals surface area contributed by atoms with E-state index < -0.39 is 0 Å². The minimum Gasteiger partial charge on any atom is -0.353 e. The highest BCUT2D eigenvalue weighted by Crippen LogP contribution is 2.26. The predicted octanol–water partition coefficient (Wildman–Crippen LogP) is 4.07. The van der Waals surface area contributed by atoms with E-state index in [9.17, 15) is 4.79 Å². The summed E-state index contributed by atoms with van der Waals surface area (Å²) in [5.41, 5.74) is 1.91. The normalized spacial score (nSPS) is 19.4. The lowest BCUT2D eigenvalue weighted by Crippen LogP contribution is -2.48. The van der Waals surface area contributed by atoms with Gasteiger partial charge < -0.3 is 10.6 Å². The number of rotatable bonds is 4. The van der Waals surface area contributed by atoms with Crippen LogP contribution in [0.3, 0.4) is 0 Å². The van der Waals surface area contributed by atoms with Crippen LogP contribution in [0.15, 0.2) is 34.1 Å². The van der Waals surface area contributed by atoms with Crippen LogP contribution in [0.4, 0.5) is 0 Å². The predicted molar refractivity (Wildman–Crippen MR) is 112 cm³/mol. The molecule has 4 nitrogen and oxygen atoms in total. The summed E-state index contributed by atoms with van der Waals surface area (Å²) in [6.45, 7) is 4.11. The van der Waals surface area contributed by atoms with Gasteiger partial charge in [-0.05, 0) is 37.6 Å².